The number of benzene rings is 2. The van der Waals surface area contributed by atoms with E-state index >= 15 is 0 Å². The molecule has 0 atom stereocenters. The lowest BCUT2D eigenvalue weighted by Crippen LogP contribution is -2.22. The summed E-state index contributed by atoms with van der Waals surface area (Å²) in [6.07, 6.45) is -2.78. The van der Waals surface area contributed by atoms with Gasteiger partial charge in [-0.05, 0) is 72.9 Å². The molecule has 14 heteroatoms. The van der Waals surface area contributed by atoms with E-state index in [0.717, 1.165) is 42.7 Å². The second-order valence-corrected chi connectivity index (χ2v) is 11.7. The Morgan fingerprint density at radius 1 is 1.05 bits per heavy atom. The summed E-state index contributed by atoms with van der Waals surface area (Å²) in [6, 6.07) is 12.2. The van der Waals surface area contributed by atoms with Gasteiger partial charge in [0.1, 0.15) is 15.4 Å². The first-order chi connectivity index (χ1) is 17.4. The molecule has 0 aliphatic heterocycles. The number of hydrogen-bond donors (Lipinski definition) is 4. The van der Waals surface area contributed by atoms with Gasteiger partial charge in [0.05, 0.1) is 5.56 Å². The molecule has 1 heterocycles. The van der Waals surface area contributed by atoms with Crippen LogP contribution in [-0.4, -0.2) is 22.3 Å². The minimum absolute atomic E-state index is 0.0787. The first kappa shape index (κ1) is 27.2. The zero-order valence-corrected chi connectivity index (χ0v) is 21.7. The molecule has 3 aromatic rings. The number of carbonyl (C=O) groups is 1. The van der Waals surface area contributed by atoms with Gasteiger partial charge in [0.25, 0.3) is 0 Å². The van der Waals surface area contributed by atoms with Crippen LogP contribution in [0.25, 0.3) is 0 Å². The Morgan fingerprint density at radius 2 is 1.76 bits per heavy atom. The second kappa shape index (κ2) is 10.9. The van der Waals surface area contributed by atoms with Crippen molar-refractivity contribution in [3.8, 4) is 5.88 Å². The summed E-state index contributed by atoms with van der Waals surface area (Å²) in [7, 11) is -4.87. The van der Waals surface area contributed by atoms with Gasteiger partial charge in [-0.25, -0.2) is 8.96 Å². The fourth-order valence-electron chi connectivity index (χ4n) is 3.28. The van der Waals surface area contributed by atoms with E-state index in [4.69, 9.17) is 9.79 Å². The van der Waals surface area contributed by atoms with Gasteiger partial charge in [-0.15, -0.1) is 0 Å². The fourth-order valence-corrected chi connectivity index (χ4v) is 5.62. The van der Waals surface area contributed by atoms with Crippen molar-refractivity contribution in [3.05, 3.63) is 83.2 Å². The molecule has 196 valence electrons. The van der Waals surface area contributed by atoms with E-state index in [1.165, 1.54) is 36.4 Å². The van der Waals surface area contributed by atoms with Crippen molar-refractivity contribution in [2.24, 2.45) is 0 Å². The second-order valence-electron chi connectivity index (χ2n) is 7.96. The molecule has 0 amide bonds. The highest BCUT2D eigenvalue weighted by molar-refractivity contribution is 14.2. The number of pyridine rings is 1. The smallest absolute Gasteiger partial charge is 0.386 e. The number of hydrogen-bond acceptors (Lipinski definition) is 6. The van der Waals surface area contributed by atoms with Gasteiger partial charge in [0, 0.05) is 38.0 Å². The lowest BCUT2D eigenvalue weighted by atomic mass is 10.1. The molecule has 37 heavy (non-hydrogen) atoms. The SMILES string of the molecule is O=C(I=C(Nc1cccc(OP(=O)(O)O)n1)Nc1ccc(F)cc1C1CC1)c1ccc(C(F)(F)F)cc1. The third kappa shape index (κ3) is 7.81. The highest BCUT2D eigenvalue weighted by Crippen LogP contribution is 2.44. The van der Waals surface area contributed by atoms with Crippen molar-refractivity contribution in [3.63, 3.8) is 0 Å². The van der Waals surface area contributed by atoms with Gasteiger partial charge in [-0.2, -0.15) is 18.2 Å². The number of aromatic nitrogens is 1. The van der Waals surface area contributed by atoms with E-state index < -0.39 is 49.9 Å². The van der Waals surface area contributed by atoms with Crippen LogP contribution in [0.15, 0.2) is 60.7 Å². The molecule has 1 aliphatic rings. The van der Waals surface area contributed by atoms with Crippen LogP contribution in [0.3, 0.4) is 0 Å². The van der Waals surface area contributed by atoms with E-state index in [1.807, 2.05) is 0 Å². The number of carbonyl (C=O) groups excluding carboxylic acids is 1. The van der Waals surface area contributed by atoms with Crippen LogP contribution < -0.4 is 15.2 Å². The van der Waals surface area contributed by atoms with E-state index in [9.17, 15) is 26.9 Å². The zero-order valence-electron chi connectivity index (χ0n) is 18.7. The van der Waals surface area contributed by atoms with Gasteiger partial charge in [0.15, 0.2) is 0 Å². The quantitative estimate of drug-likeness (QED) is 0.0962. The lowest BCUT2D eigenvalue weighted by Gasteiger charge is -2.16. The normalized spacial score (nSPS) is 14.5. The van der Waals surface area contributed by atoms with Crippen LogP contribution in [0.5, 0.6) is 5.88 Å². The topological polar surface area (TPSA) is 121 Å². The molecule has 8 nitrogen and oxygen atoms in total. The summed E-state index contributed by atoms with van der Waals surface area (Å²) in [5.74, 6) is -0.545. The Bertz CT molecular complexity index is 1390. The van der Waals surface area contributed by atoms with Crippen molar-refractivity contribution in [1.82, 2.24) is 4.98 Å². The summed E-state index contributed by atoms with van der Waals surface area (Å²) in [5.41, 5.74) is 0.467. The minimum Gasteiger partial charge on any atom is -0.386 e. The first-order valence-corrected chi connectivity index (χ1v) is 14.4. The van der Waals surface area contributed by atoms with Gasteiger partial charge in [-0.3, -0.25) is 14.6 Å². The summed E-state index contributed by atoms with van der Waals surface area (Å²) in [5, 5.41) is 6.01. The molecular weight excluding hydrogens is 632 g/mol. The predicted octanol–water partition coefficient (Wildman–Crippen LogP) is 6.01. The van der Waals surface area contributed by atoms with Crippen LogP contribution in [0.2, 0.25) is 0 Å². The third-order valence-electron chi connectivity index (χ3n) is 5.07. The average Bonchev–Trinajstić information content (AvgIpc) is 3.64. The standard InChI is InChI=1S/C23H19F4IN3O5P/c24-16-10-11-18(17(12-16)13-4-5-13)29-22(31-19-2-1-3-20(30-19)36-37(33,34)35)28-21(32)14-6-8-15(9-7-14)23(25,26)27/h1-3,6-13,29H,4-5H2,(H,30,31)(H2,33,34,35). The number of halogens is 5. The summed E-state index contributed by atoms with van der Waals surface area (Å²) in [6.45, 7) is 0. The molecule has 0 spiro atoms. The van der Waals surface area contributed by atoms with Crippen LogP contribution in [0.1, 0.15) is 40.2 Å². The Labute approximate surface area is 218 Å². The molecular formula is C23H19F4IN3O5P. The van der Waals surface area contributed by atoms with Gasteiger partial charge >= 0.3 is 14.0 Å². The first-order valence-electron chi connectivity index (χ1n) is 10.7. The number of phosphoric acid groups is 1. The fraction of sp³-hybridized carbons (Fsp3) is 0.174. The Balaban J connectivity index is 1.66. The molecule has 2 aromatic carbocycles. The monoisotopic (exact) mass is 651 g/mol. The summed E-state index contributed by atoms with van der Waals surface area (Å²) < 4.78 is 68.1. The van der Waals surface area contributed by atoms with Crippen LogP contribution in [0.4, 0.5) is 29.1 Å². The molecule has 0 bridgehead atoms. The van der Waals surface area contributed by atoms with E-state index in [0.29, 0.717) is 5.69 Å². The maximum atomic E-state index is 13.9. The number of rotatable bonds is 9. The maximum absolute atomic E-state index is 13.9. The molecule has 4 rings (SSSR count). The van der Waals surface area contributed by atoms with Gasteiger partial charge < -0.3 is 15.2 Å². The van der Waals surface area contributed by atoms with Crippen LogP contribution in [-0.2, 0) is 10.7 Å². The Morgan fingerprint density at radius 3 is 2.38 bits per heavy atom. The number of anilines is 2. The van der Waals surface area contributed by atoms with Gasteiger partial charge in [0.2, 0.25) is 9.67 Å². The maximum Gasteiger partial charge on any atom is 0.526 e. The average molecular weight is 651 g/mol. The molecule has 1 fully saturated rings. The summed E-state index contributed by atoms with van der Waals surface area (Å²) in [4.78, 5) is 35.0. The number of nitrogens with zero attached hydrogens (tertiary/aromatic N) is 1. The van der Waals surface area contributed by atoms with Crippen molar-refractivity contribution in [1.29, 1.82) is 0 Å². The van der Waals surface area contributed by atoms with Crippen LogP contribution in [0, 0.1) is 5.82 Å². The third-order valence-corrected chi connectivity index (χ3v) is 7.68. The largest absolute Gasteiger partial charge is 0.526 e. The van der Waals surface area contributed by atoms with Crippen molar-refractivity contribution < 1.29 is 41.2 Å². The predicted molar refractivity (Wildman–Crippen MR) is 137 cm³/mol. The number of nitrogens with one attached hydrogen (secondary N) is 2. The number of phosphoric ester groups is 1. The highest BCUT2D eigenvalue weighted by atomic mass is 127. The Hall–Kier alpha value is -2.87. The van der Waals surface area contributed by atoms with Crippen LogP contribution >= 0.6 is 28.6 Å². The van der Waals surface area contributed by atoms with E-state index in [2.05, 4.69) is 20.1 Å². The molecule has 4 N–H and O–H groups in total. The minimum atomic E-state index is -4.87. The zero-order chi connectivity index (χ0) is 26.8. The molecule has 0 radical (unpaired) electrons. The van der Waals surface area contributed by atoms with E-state index in [-0.39, 0.29) is 26.9 Å². The van der Waals surface area contributed by atoms with Gasteiger partial charge in [-0.1, -0.05) is 6.07 Å². The highest BCUT2D eigenvalue weighted by Gasteiger charge is 2.30. The van der Waals surface area contributed by atoms with Crippen molar-refractivity contribution >= 4 is 47.6 Å². The molecule has 0 saturated heterocycles. The van der Waals surface area contributed by atoms with Crippen molar-refractivity contribution in [2.75, 3.05) is 10.6 Å². The van der Waals surface area contributed by atoms with E-state index in [1.54, 1.807) is 0 Å². The Kier molecular flexibility index (Phi) is 7.97. The number of alkyl halides is 3. The summed E-state index contributed by atoms with van der Waals surface area (Å²) >= 11 is -1.58. The van der Waals surface area contributed by atoms with Crippen molar-refractivity contribution in [2.45, 2.75) is 24.9 Å². The molecule has 1 aromatic heterocycles. The molecule has 0 unspecified atom stereocenters. The molecule has 1 saturated carbocycles. The molecule has 1 aliphatic carbocycles. The lowest BCUT2D eigenvalue weighted by molar-refractivity contribution is -0.137.